The van der Waals surface area contributed by atoms with Gasteiger partial charge in [0.2, 0.25) is 0 Å². The molecule has 3 heterocycles. The van der Waals surface area contributed by atoms with Crippen LogP contribution < -0.4 is 5.43 Å². The number of hydrogen-bond acceptors (Lipinski definition) is 3. The first kappa shape index (κ1) is 15.0. The molecule has 24 heavy (non-hydrogen) atoms. The molecule has 1 aliphatic heterocycles. The van der Waals surface area contributed by atoms with Crippen molar-refractivity contribution in [2.75, 3.05) is 6.54 Å². The van der Waals surface area contributed by atoms with Crippen molar-refractivity contribution in [3.05, 3.63) is 76.1 Å². The Morgan fingerprint density at radius 1 is 1.29 bits per heavy atom. The molecular formula is C19H18FN3O. The number of aromatic nitrogens is 2. The van der Waals surface area contributed by atoms with Gasteiger partial charge in [-0.05, 0) is 43.1 Å². The molecule has 4 rings (SSSR count). The summed E-state index contributed by atoms with van der Waals surface area (Å²) in [4.78, 5) is 21.9. The zero-order valence-electron chi connectivity index (χ0n) is 13.2. The molecule has 4 nitrogen and oxygen atoms in total. The predicted octanol–water partition coefficient (Wildman–Crippen LogP) is 3.40. The number of fused-ring (bicyclic) bond motifs is 1. The fourth-order valence-corrected chi connectivity index (χ4v) is 3.56. The average Bonchev–Trinajstić information content (AvgIpc) is 3.05. The summed E-state index contributed by atoms with van der Waals surface area (Å²) in [6.07, 6.45) is 5.84. The van der Waals surface area contributed by atoms with Gasteiger partial charge in [0.15, 0.2) is 5.43 Å². The normalized spacial score (nSPS) is 18.3. The Bertz CT molecular complexity index is 923. The number of H-pyrrole nitrogens is 1. The molecule has 1 unspecified atom stereocenters. The summed E-state index contributed by atoms with van der Waals surface area (Å²) in [6, 6.07) is 10.5. The molecule has 0 spiro atoms. The summed E-state index contributed by atoms with van der Waals surface area (Å²) >= 11 is 0. The molecule has 0 amide bonds. The quantitative estimate of drug-likeness (QED) is 0.804. The van der Waals surface area contributed by atoms with Gasteiger partial charge in [-0.2, -0.15) is 0 Å². The van der Waals surface area contributed by atoms with Crippen LogP contribution in [-0.4, -0.2) is 21.4 Å². The predicted molar refractivity (Wildman–Crippen MR) is 91.1 cm³/mol. The van der Waals surface area contributed by atoms with Gasteiger partial charge in [0, 0.05) is 42.1 Å². The summed E-state index contributed by atoms with van der Waals surface area (Å²) in [6.45, 7) is 1.55. The minimum atomic E-state index is -0.392. The largest absolute Gasteiger partial charge is 0.355 e. The number of pyridine rings is 2. The first-order chi connectivity index (χ1) is 11.7. The van der Waals surface area contributed by atoms with Gasteiger partial charge in [0.1, 0.15) is 5.82 Å². The molecule has 1 atom stereocenters. The van der Waals surface area contributed by atoms with E-state index in [1.54, 1.807) is 24.4 Å². The molecule has 0 saturated carbocycles. The van der Waals surface area contributed by atoms with Crippen molar-refractivity contribution >= 4 is 10.9 Å². The molecule has 1 saturated heterocycles. The number of nitrogens with one attached hydrogen (secondary N) is 1. The van der Waals surface area contributed by atoms with Crippen LogP contribution in [0.3, 0.4) is 0 Å². The van der Waals surface area contributed by atoms with Crippen LogP contribution in [0.15, 0.2) is 53.6 Å². The van der Waals surface area contributed by atoms with Crippen molar-refractivity contribution < 1.29 is 4.39 Å². The topological polar surface area (TPSA) is 49.0 Å². The lowest BCUT2D eigenvalue weighted by molar-refractivity contribution is 0.245. The van der Waals surface area contributed by atoms with Crippen LogP contribution in [0.25, 0.3) is 10.9 Å². The summed E-state index contributed by atoms with van der Waals surface area (Å²) < 4.78 is 14.0. The lowest BCUT2D eigenvalue weighted by Gasteiger charge is -2.24. The van der Waals surface area contributed by atoms with E-state index in [1.165, 1.54) is 11.6 Å². The van der Waals surface area contributed by atoms with Crippen LogP contribution in [-0.2, 0) is 6.54 Å². The van der Waals surface area contributed by atoms with Crippen LogP contribution >= 0.6 is 0 Å². The maximum absolute atomic E-state index is 14.0. The zero-order chi connectivity index (χ0) is 16.5. The molecule has 122 valence electrons. The Hall–Kier alpha value is -2.53. The van der Waals surface area contributed by atoms with Crippen molar-refractivity contribution in [2.24, 2.45) is 0 Å². The molecule has 1 aromatic carbocycles. The van der Waals surface area contributed by atoms with E-state index in [0.29, 0.717) is 18.0 Å². The molecular weight excluding hydrogens is 305 g/mol. The summed E-state index contributed by atoms with van der Waals surface area (Å²) in [5.74, 6) is -0.392. The fraction of sp³-hybridized carbons (Fsp3) is 0.263. The minimum absolute atomic E-state index is 0.143. The second-order valence-corrected chi connectivity index (χ2v) is 6.24. The summed E-state index contributed by atoms with van der Waals surface area (Å²) in [5.41, 5.74) is 2.07. The van der Waals surface area contributed by atoms with Gasteiger partial charge >= 0.3 is 0 Å². The number of halogens is 1. The van der Waals surface area contributed by atoms with E-state index >= 15 is 0 Å². The number of para-hydroxylation sites is 1. The average molecular weight is 323 g/mol. The maximum atomic E-state index is 14.0. The van der Waals surface area contributed by atoms with E-state index in [2.05, 4.69) is 20.9 Å². The van der Waals surface area contributed by atoms with Gasteiger partial charge in [0.05, 0.1) is 5.52 Å². The number of benzene rings is 1. The third kappa shape index (κ3) is 2.71. The number of rotatable bonds is 3. The van der Waals surface area contributed by atoms with Gasteiger partial charge in [-0.15, -0.1) is 0 Å². The first-order valence-corrected chi connectivity index (χ1v) is 8.17. The third-order valence-corrected chi connectivity index (χ3v) is 4.68. The molecule has 5 heteroatoms. The standard InChI is InChI=1S/C19H18FN3O/c20-16-6-1-5-15-18(24)10-14(22-19(15)16)12-23-9-3-7-17(23)13-4-2-8-21-11-13/h1-2,4-6,8,10-11,17H,3,7,9,12H2,(H,22,24). The van der Waals surface area contributed by atoms with Crippen molar-refractivity contribution in [1.29, 1.82) is 0 Å². The van der Waals surface area contributed by atoms with Gasteiger partial charge < -0.3 is 4.98 Å². The molecule has 0 radical (unpaired) electrons. The molecule has 1 aliphatic rings. The smallest absolute Gasteiger partial charge is 0.189 e. The van der Waals surface area contributed by atoms with Crippen LogP contribution in [0.5, 0.6) is 0 Å². The van der Waals surface area contributed by atoms with E-state index in [4.69, 9.17) is 0 Å². The number of aromatic amines is 1. The number of likely N-dealkylation sites (tertiary alicyclic amines) is 1. The number of hydrogen-bond donors (Lipinski definition) is 1. The van der Waals surface area contributed by atoms with E-state index in [9.17, 15) is 9.18 Å². The third-order valence-electron chi connectivity index (χ3n) is 4.68. The molecule has 0 aliphatic carbocycles. The highest BCUT2D eigenvalue weighted by atomic mass is 19.1. The first-order valence-electron chi connectivity index (χ1n) is 8.17. The van der Waals surface area contributed by atoms with E-state index in [0.717, 1.165) is 25.1 Å². The molecule has 3 aromatic rings. The highest BCUT2D eigenvalue weighted by Gasteiger charge is 2.26. The molecule has 1 fully saturated rings. The Morgan fingerprint density at radius 2 is 2.21 bits per heavy atom. The van der Waals surface area contributed by atoms with E-state index < -0.39 is 5.82 Å². The van der Waals surface area contributed by atoms with Crippen molar-refractivity contribution in [3.8, 4) is 0 Å². The summed E-state index contributed by atoms with van der Waals surface area (Å²) in [5, 5.41) is 0.393. The van der Waals surface area contributed by atoms with E-state index in [1.807, 2.05) is 12.3 Å². The fourth-order valence-electron chi connectivity index (χ4n) is 3.56. The van der Waals surface area contributed by atoms with E-state index in [-0.39, 0.29) is 10.9 Å². The highest BCUT2D eigenvalue weighted by Crippen LogP contribution is 2.32. The zero-order valence-corrected chi connectivity index (χ0v) is 13.2. The summed E-state index contributed by atoms with van der Waals surface area (Å²) in [7, 11) is 0. The lowest BCUT2D eigenvalue weighted by Crippen LogP contribution is -2.24. The van der Waals surface area contributed by atoms with Crippen LogP contribution in [0.2, 0.25) is 0 Å². The Morgan fingerprint density at radius 3 is 3.04 bits per heavy atom. The van der Waals surface area contributed by atoms with Crippen LogP contribution in [0.1, 0.15) is 30.1 Å². The lowest BCUT2D eigenvalue weighted by atomic mass is 10.1. The molecule has 2 aromatic heterocycles. The van der Waals surface area contributed by atoms with Gasteiger partial charge in [-0.3, -0.25) is 14.7 Å². The Labute approximate surface area is 139 Å². The monoisotopic (exact) mass is 323 g/mol. The van der Waals surface area contributed by atoms with Gasteiger partial charge in [0.25, 0.3) is 0 Å². The van der Waals surface area contributed by atoms with Gasteiger partial charge in [-0.25, -0.2) is 4.39 Å². The SMILES string of the molecule is O=c1cc(CN2CCCC2c2cccnc2)[nH]c2c(F)cccc12. The van der Waals surface area contributed by atoms with Crippen molar-refractivity contribution in [2.45, 2.75) is 25.4 Å². The second kappa shape index (κ2) is 6.17. The Kier molecular flexibility index (Phi) is 3.86. The van der Waals surface area contributed by atoms with Crippen LogP contribution in [0, 0.1) is 5.82 Å². The van der Waals surface area contributed by atoms with Crippen molar-refractivity contribution in [3.63, 3.8) is 0 Å². The van der Waals surface area contributed by atoms with Gasteiger partial charge in [-0.1, -0.05) is 12.1 Å². The second-order valence-electron chi connectivity index (χ2n) is 6.24. The molecule has 1 N–H and O–H groups in total. The highest BCUT2D eigenvalue weighted by molar-refractivity contribution is 5.78. The minimum Gasteiger partial charge on any atom is -0.355 e. The number of nitrogens with zero attached hydrogens (tertiary/aromatic N) is 2. The molecule has 0 bridgehead atoms. The Balaban J connectivity index is 1.66. The van der Waals surface area contributed by atoms with Crippen molar-refractivity contribution in [1.82, 2.24) is 14.9 Å². The van der Waals surface area contributed by atoms with Crippen LogP contribution in [0.4, 0.5) is 4.39 Å². The maximum Gasteiger partial charge on any atom is 0.189 e.